The second-order valence-electron chi connectivity index (χ2n) is 7.76. The van der Waals surface area contributed by atoms with Crippen molar-refractivity contribution in [3.8, 4) is 11.3 Å². The van der Waals surface area contributed by atoms with Crippen LogP contribution in [0.4, 0.5) is 0 Å². The summed E-state index contributed by atoms with van der Waals surface area (Å²) in [6.45, 7) is 3.33. The Labute approximate surface area is 174 Å². The zero-order chi connectivity index (χ0) is 21.1. The summed E-state index contributed by atoms with van der Waals surface area (Å²) in [6.07, 6.45) is 4.47. The van der Waals surface area contributed by atoms with Crippen LogP contribution in [-0.2, 0) is 9.53 Å². The van der Waals surface area contributed by atoms with Gasteiger partial charge in [0.1, 0.15) is 0 Å². The molecule has 0 saturated heterocycles. The molecule has 30 heavy (non-hydrogen) atoms. The molecule has 4 rings (SSSR count). The first kappa shape index (κ1) is 20.1. The van der Waals surface area contributed by atoms with Gasteiger partial charge in [-0.1, -0.05) is 54.8 Å². The molecule has 156 valence electrons. The first-order valence-corrected chi connectivity index (χ1v) is 10.4. The van der Waals surface area contributed by atoms with Crippen LogP contribution >= 0.6 is 0 Å². The maximum Gasteiger partial charge on any atom is 0.339 e. The average Bonchev–Trinajstić information content (AvgIpc) is 3.15. The molecule has 0 radical (unpaired) electrons. The molecule has 7 heteroatoms. The Morgan fingerprint density at radius 2 is 1.90 bits per heavy atom. The van der Waals surface area contributed by atoms with E-state index < -0.39 is 12.1 Å². The third-order valence-electron chi connectivity index (χ3n) is 5.51. The minimum Gasteiger partial charge on any atom is -0.449 e. The minimum atomic E-state index is -0.900. The number of carbonyl (C=O) groups is 2. The molecule has 1 amide bonds. The standard InChI is InChI=1S/C23H25N3O4/c1-14-20-18(13-19(25-22(20)30-26-14)16-9-5-3-6-10-16)23(28)29-15(2)21(27)24-17-11-7-4-8-12-17/h3,5-6,9-10,13,15,17H,4,7-8,11-12H2,1-2H3,(H,24,27). The molecule has 1 saturated carbocycles. The summed E-state index contributed by atoms with van der Waals surface area (Å²) in [4.78, 5) is 30.0. The van der Waals surface area contributed by atoms with E-state index in [1.54, 1.807) is 19.9 Å². The molecule has 1 N–H and O–H groups in total. The van der Waals surface area contributed by atoms with Crippen LogP contribution in [0.25, 0.3) is 22.4 Å². The quantitative estimate of drug-likeness (QED) is 0.637. The average molecular weight is 407 g/mol. The van der Waals surface area contributed by atoms with E-state index >= 15 is 0 Å². The number of amides is 1. The Bertz CT molecular complexity index is 1060. The highest BCUT2D eigenvalue weighted by Crippen LogP contribution is 2.27. The van der Waals surface area contributed by atoms with E-state index in [0.29, 0.717) is 16.8 Å². The summed E-state index contributed by atoms with van der Waals surface area (Å²) >= 11 is 0. The number of hydrogen-bond acceptors (Lipinski definition) is 6. The summed E-state index contributed by atoms with van der Waals surface area (Å²) in [5.41, 5.74) is 2.51. The Morgan fingerprint density at radius 1 is 1.17 bits per heavy atom. The number of carbonyl (C=O) groups excluding carboxylic acids is 2. The van der Waals surface area contributed by atoms with Crippen LogP contribution in [0.5, 0.6) is 0 Å². The van der Waals surface area contributed by atoms with Crippen LogP contribution in [0, 0.1) is 6.92 Å². The van der Waals surface area contributed by atoms with E-state index in [-0.39, 0.29) is 23.2 Å². The summed E-state index contributed by atoms with van der Waals surface area (Å²) in [5, 5.41) is 7.44. The number of rotatable bonds is 5. The molecule has 7 nitrogen and oxygen atoms in total. The van der Waals surface area contributed by atoms with Crippen molar-refractivity contribution in [1.29, 1.82) is 0 Å². The molecule has 1 aliphatic carbocycles. The second kappa shape index (κ2) is 8.65. The van der Waals surface area contributed by atoms with Gasteiger partial charge in [-0.25, -0.2) is 9.78 Å². The number of pyridine rings is 1. The summed E-state index contributed by atoms with van der Waals surface area (Å²) in [6, 6.07) is 11.3. The molecule has 0 aliphatic heterocycles. The number of aryl methyl sites for hydroxylation is 1. The molecule has 1 atom stereocenters. The molecule has 2 heterocycles. The van der Waals surface area contributed by atoms with Crippen molar-refractivity contribution in [2.24, 2.45) is 0 Å². The molecular formula is C23H25N3O4. The van der Waals surface area contributed by atoms with Gasteiger partial charge >= 0.3 is 5.97 Å². The fraction of sp³-hybridized carbons (Fsp3) is 0.391. The molecule has 2 aromatic heterocycles. The van der Waals surface area contributed by atoms with Crippen LogP contribution in [-0.4, -0.2) is 34.2 Å². The number of fused-ring (bicyclic) bond motifs is 1. The number of benzene rings is 1. The van der Waals surface area contributed by atoms with Gasteiger partial charge in [-0.3, -0.25) is 4.79 Å². The molecule has 0 spiro atoms. The molecule has 1 aromatic carbocycles. The first-order valence-electron chi connectivity index (χ1n) is 10.4. The Balaban J connectivity index is 1.57. The van der Waals surface area contributed by atoms with E-state index in [9.17, 15) is 9.59 Å². The molecule has 1 fully saturated rings. The van der Waals surface area contributed by atoms with Gasteiger partial charge in [0.15, 0.2) is 6.10 Å². The predicted molar refractivity (Wildman–Crippen MR) is 112 cm³/mol. The van der Waals surface area contributed by atoms with E-state index in [1.165, 1.54) is 6.42 Å². The number of nitrogens with zero attached hydrogens (tertiary/aromatic N) is 2. The summed E-state index contributed by atoms with van der Waals surface area (Å²) in [5.74, 6) is -0.872. The molecule has 1 unspecified atom stereocenters. The van der Waals surface area contributed by atoms with Crippen molar-refractivity contribution in [3.63, 3.8) is 0 Å². The first-order chi connectivity index (χ1) is 14.5. The van der Waals surface area contributed by atoms with Crippen molar-refractivity contribution in [2.75, 3.05) is 0 Å². The van der Waals surface area contributed by atoms with Crippen molar-refractivity contribution < 1.29 is 18.8 Å². The largest absolute Gasteiger partial charge is 0.449 e. The maximum atomic E-state index is 13.0. The highest BCUT2D eigenvalue weighted by molar-refractivity contribution is 6.05. The van der Waals surface area contributed by atoms with Gasteiger partial charge in [-0.2, -0.15) is 0 Å². The number of aromatic nitrogens is 2. The van der Waals surface area contributed by atoms with E-state index in [4.69, 9.17) is 9.26 Å². The third kappa shape index (κ3) is 4.20. The highest BCUT2D eigenvalue weighted by Gasteiger charge is 2.26. The number of esters is 1. The summed E-state index contributed by atoms with van der Waals surface area (Å²) in [7, 11) is 0. The topological polar surface area (TPSA) is 94.3 Å². The zero-order valence-corrected chi connectivity index (χ0v) is 17.2. The number of nitrogens with one attached hydrogen (secondary N) is 1. The molecule has 0 bridgehead atoms. The molecule has 3 aromatic rings. The Morgan fingerprint density at radius 3 is 2.63 bits per heavy atom. The van der Waals surface area contributed by atoms with Gasteiger partial charge in [0.2, 0.25) is 0 Å². The fourth-order valence-electron chi connectivity index (χ4n) is 3.86. The Kier molecular flexibility index (Phi) is 5.79. The smallest absolute Gasteiger partial charge is 0.339 e. The van der Waals surface area contributed by atoms with Gasteiger partial charge < -0.3 is 14.6 Å². The number of hydrogen-bond donors (Lipinski definition) is 1. The highest BCUT2D eigenvalue weighted by atomic mass is 16.5. The van der Waals surface area contributed by atoms with Crippen LogP contribution in [0.3, 0.4) is 0 Å². The van der Waals surface area contributed by atoms with Gasteiger partial charge in [0.25, 0.3) is 11.6 Å². The van der Waals surface area contributed by atoms with Crippen LogP contribution in [0.15, 0.2) is 40.9 Å². The lowest BCUT2D eigenvalue weighted by atomic mass is 9.95. The fourth-order valence-corrected chi connectivity index (χ4v) is 3.86. The molecule has 1 aliphatic rings. The Hall–Kier alpha value is -3.22. The van der Waals surface area contributed by atoms with Gasteiger partial charge in [0, 0.05) is 11.6 Å². The second-order valence-corrected chi connectivity index (χ2v) is 7.76. The molecular weight excluding hydrogens is 382 g/mol. The normalized spacial score (nSPS) is 15.7. The lowest BCUT2D eigenvalue weighted by Gasteiger charge is -2.24. The van der Waals surface area contributed by atoms with Gasteiger partial charge in [0.05, 0.1) is 22.3 Å². The minimum absolute atomic E-state index is 0.157. The van der Waals surface area contributed by atoms with Gasteiger partial charge in [-0.05, 0) is 32.8 Å². The van der Waals surface area contributed by atoms with Crippen LogP contribution in [0.2, 0.25) is 0 Å². The predicted octanol–water partition coefficient (Wildman–Crippen LogP) is 4.19. The summed E-state index contributed by atoms with van der Waals surface area (Å²) < 4.78 is 10.8. The van der Waals surface area contributed by atoms with E-state index in [0.717, 1.165) is 31.2 Å². The zero-order valence-electron chi connectivity index (χ0n) is 17.2. The SMILES string of the molecule is Cc1noc2nc(-c3ccccc3)cc(C(=O)OC(C)C(=O)NC3CCCCC3)c12. The van der Waals surface area contributed by atoms with E-state index in [2.05, 4.69) is 15.5 Å². The number of ether oxygens (including phenoxy) is 1. The van der Waals surface area contributed by atoms with Crippen LogP contribution < -0.4 is 5.32 Å². The third-order valence-corrected chi connectivity index (χ3v) is 5.51. The van der Waals surface area contributed by atoms with Crippen molar-refractivity contribution in [2.45, 2.75) is 58.1 Å². The van der Waals surface area contributed by atoms with Crippen molar-refractivity contribution >= 4 is 23.0 Å². The maximum absolute atomic E-state index is 13.0. The van der Waals surface area contributed by atoms with Gasteiger partial charge in [-0.15, -0.1) is 0 Å². The monoisotopic (exact) mass is 407 g/mol. The lowest BCUT2D eigenvalue weighted by molar-refractivity contribution is -0.130. The van der Waals surface area contributed by atoms with Crippen molar-refractivity contribution in [3.05, 3.63) is 47.7 Å². The van der Waals surface area contributed by atoms with Crippen LogP contribution in [0.1, 0.15) is 55.1 Å². The van der Waals surface area contributed by atoms with E-state index in [1.807, 2.05) is 30.3 Å². The lowest BCUT2D eigenvalue weighted by Crippen LogP contribution is -2.42. The van der Waals surface area contributed by atoms with Crippen molar-refractivity contribution in [1.82, 2.24) is 15.5 Å².